The molecule has 0 aliphatic carbocycles. The zero-order valence-corrected chi connectivity index (χ0v) is 12.1. The van der Waals surface area contributed by atoms with E-state index in [1.165, 1.54) is 0 Å². The van der Waals surface area contributed by atoms with Gasteiger partial charge in [0.1, 0.15) is 10.2 Å². The highest BCUT2D eigenvalue weighted by atomic mass is 79.9. The Kier molecular flexibility index (Phi) is 5.08. The quantitative estimate of drug-likeness (QED) is 0.908. The van der Waals surface area contributed by atoms with E-state index < -0.39 is 0 Å². The molecular weight excluding hydrogens is 286 g/mol. The van der Waals surface area contributed by atoms with Crippen LogP contribution in [-0.2, 0) is 0 Å². The Bertz CT molecular complexity index is 396. The number of ether oxygens (including phenoxy) is 3. The molecule has 1 atom stereocenters. The molecule has 0 aliphatic rings. The van der Waals surface area contributed by atoms with Crippen molar-refractivity contribution < 1.29 is 14.2 Å². The summed E-state index contributed by atoms with van der Waals surface area (Å²) < 4.78 is 16.7. The molecule has 0 aliphatic heterocycles. The molecule has 0 heterocycles. The fourth-order valence-corrected chi connectivity index (χ4v) is 2.40. The Labute approximate surface area is 110 Å². The van der Waals surface area contributed by atoms with E-state index in [1.54, 1.807) is 21.3 Å². The summed E-state index contributed by atoms with van der Waals surface area (Å²) in [6.07, 6.45) is 0. The van der Waals surface area contributed by atoms with Gasteiger partial charge in [-0.25, -0.2) is 0 Å². The lowest BCUT2D eigenvalue weighted by Crippen LogP contribution is -2.11. The fourth-order valence-electron chi connectivity index (χ4n) is 1.65. The average Bonchev–Trinajstić information content (AvgIpc) is 2.36. The second-order valence-electron chi connectivity index (χ2n) is 3.69. The van der Waals surface area contributed by atoms with Gasteiger partial charge in [-0.2, -0.15) is 0 Å². The Morgan fingerprint density at radius 1 is 1.18 bits per heavy atom. The van der Waals surface area contributed by atoms with E-state index in [9.17, 15) is 0 Å². The third kappa shape index (κ3) is 2.66. The van der Waals surface area contributed by atoms with Crippen LogP contribution in [0.4, 0.5) is 0 Å². The van der Waals surface area contributed by atoms with Crippen molar-refractivity contribution in [3.8, 4) is 17.2 Å². The molecule has 2 N–H and O–H groups in total. The van der Waals surface area contributed by atoms with Gasteiger partial charge in [-0.1, -0.05) is 6.92 Å². The van der Waals surface area contributed by atoms with Crippen LogP contribution in [0.2, 0.25) is 0 Å². The highest BCUT2D eigenvalue weighted by molar-refractivity contribution is 9.10. The van der Waals surface area contributed by atoms with Crippen molar-refractivity contribution in [2.45, 2.75) is 12.8 Å². The van der Waals surface area contributed by atoms with Crippen molar-refractivity contribution in [2.75, 3.05) is 27.9 Å². The topological polar surface area (TPSA) is 53.7 Å². The largest absolute Gasteiger partial charge is 0.495 e. The Hall–Kier alpha value is -0.940. The molecule has 0 amide bonds. The number of hydrogen-bond donors (Lipinski definition) is 1. The van der Waals surface area contributed by atoms with Gasteiger partial charge < -0.3 is 19.9 Å². The average molecular weight is 304 g/mol. The smallest absolute Gasteiger partial charge is 0.178 e. The van der Waals surface area contributed by atoms with Crippen LogP contribution in [0.1, 0.15) is 18.4 Å². The molecule has 17 heavy (non-hydrogen) atoms. The molecule has 4 nitrogen and oxygen atoms in total. The van der Waals surface area contributed by atoms with Crippen LogP contribution >= 0.6 is 15.9 Å². The first-order valence-corrected chi connectivity index (χ1v) is 6.08. The number of rotatable bonds is 5. The van der Waals surface area contributed by atoms with E-state index in [-0.39, 0.29) is 5.92 Å². The molecule has 0 saturated heterocycles. The van der Waals surface area contributed by atoms with Gasteiger partial charge in [0.2, 0.25) is 0 Å². The fraction of sp³-hybridized carbons (Fsp3) is 0.500. The molecule has 1 aromatic rings. The second kappa shape index (κ2) is 6.12. The molecule has 0 fully saturated rings. The molecule has 0 aromatic heterocycles. The number of halogens is 1. The standard InChI is InChI=1S/C12H18BrNO3/c1-7(6-14)8-5-9(15-2)12(17-4)10(13)11(8)16-3/h5,7H,6,14H2,1-4H3. The van der Waals surface area contributed by atoms with Gasteiger partial charge >= 0.3 is 0 Å². The number of methoxy groups -OCH3 is 3. The van der Waals surface area contributed by atoms with Gasteiger partial charge in [0.05, 0.1) is 21.3 Å². The summed E-state index contributed by atoms with van der Waals surface area (Å²) in [5, 5.41) is 0. The lowest BCUT2D eigenvalue weighted by atomic mass is 9.99. The van der Waals surface area contributed by atoms with Crippen LogP contribution in [0.15, 0.2) is 10.5 Å². The third-order valence-corrected chi connectivity index (χ3v) is 3.40. The first kappa shape index (κ1) is 14.1. The maximum atomic E-state index is 5.70. The molecule has 1 unspecified atom stereocenters. The summed E-state index contributed by atoms with van der Waals surface area (Å²) >= 11 is 3.47. The second-order valence-corrected chi connectivity index (χ2v) is 4.48. The summed E-state index contributed by atoms with van der Waals surface area (Å²) in [6, 6.07) is 1.90. The van der Waals surface area contributed by atoms with Crippen molar-refractivity contribution in [3.63, 3.8) is 0 Å². The molecule has 5 heteroatoms. The Balaban J connectivity index is 3.45. The SMILES string of the molecule is COc1cc(C(C)CN)c(OC)c(Br)c1OC. The van der Waals surface area contributed by atoms with Crippen LogP contribution in [0.5, 0.6) is 17.2 Å². The van der Waals surface area contributed by atoms with Crippen molar-refractivity contribution in [3.05, 3.63) is 16.1 Å². The van der Waals surface area contributed by atoms with Gasteiger partial charge in [0.25, 0.3) is 0 Å². The molecule has 0 spiro atoms. The highest BCUT2D eigenvalue weighted by Crippen LogP contribution is 2.46. The predicted octanol–water partition coefficient (Wildman–Crippen LogP) is 2.54. The van der Waals surface area contributed by atoms with Crippen molar-refractivity contribution in [1.82, 2.24) is 0 Å². The summed E-state index contributed by atoms with van der Waals surface area (Å²) in [6.45, 7) is 2.58. The minimum absolute atomic E-state index is 0.182. The Morgan fingerprint density at radius 2 is 1.76 bits per heavy atom. The zero-order chi connectivity index (χ0) is 13.0. The number of hydrogen-bond acceptors (Lipinski definition) is 4. The molecule has 0 radical (unpaired) electrons. The number of benzene rings is 1. The zero-order valence-electron chi connectivity index (χ0n) is 10.5. The van der Waals surface area contributed by atoms with Crippen LogP contribution in [0, 0.1) is 0 Å². The van der Waals surface area contributed by atoms with E-state index in [4.69, 9.17) is 19.9 Å². The normalized spacial score (nSPS) is 12.1. The van der Waals surface area contributed by atoms with Gasteiger partial charge in [0.15, 0.2) is 11.5 Å². The molecule has 1 aromatic carbocycles. The first-order chi connectivity index (χ1) is 8.10. The Morgan fingerprint density at radius 3 is 2.18 bits per heavy atom. The lowest BCUT2D eigenvalue weighted by Gasteiger charge is -2.19. The van der Waals surface area contributed by atoms with Crippen molar-refractivity contribution in [2.24, 2.45) is 5.73 Å². The van der Waals surface area contributed by atoms with Gasteiger partial charge in [-0.05, 0) is 34.5 Å². The van der Waals surface area contributed by atoms with E-state index in [0.717, 1.165) is 15.8 Å². The van der Waals surface area contributed by atoms with Crippen molar-refractivity contribution >= 4 is 15.9 Å². The number of nitrogens with two attached hydrogens (primary N) is 1. The first-order valence-electron chi connectivity index (χ1n) is 5.29. The molecule has 0 bridgehead atoms. The molecule has 0 saturated carbocycles. The lowest BCUT2D eigenvalue weighted by molar-refractivity contribution is 0.343. The summed E-state index contributed by atoms with van der Waals surface area (Å²) in [4.78, 5) is 0. The highest BCUT2D eigenvalue weighted by Gasteiger charge is 2.21. The monoisotopic (exact) mass is 303 g/mol. The maximum absolute atomic E-state index is 5.70. The predicted molar refractivity (Wildman–Crippen MR) is 71.3 cm³/mol. The molecule has 96 valence electrons. The van der Waals surface area contributed by atoms with E-state index in [1.807, 2.05) is 13.0 Å². The van der Waals surface area contributed by atoms with Crippen LogP contribution in [0.3, 0.4) is 0 Å². The summed E-state index contributed by atoms with van der Waals surface area (Å²) in [5.41, 5.74) is 6.70. The molecule has 1 rings (SSSR count). The van der Waals surface area contributed by atoms with Gasteiger partial charge in [-0.15, -0.1) is 0 Å². The third-order valence-electron chi connectivity index (χ3n) is 2.68. The molecular formula is C12H18BrNO3. The van der Waals surface area contributed by atoms with Crippen molar-refractivity contribution in [1.29, 1.82) is 0 Å². The van der Waals surface area contributed by atoms with Gasteiger partial charge in [0, 0.05) is 5.56 Å². The minimum Gasteiger partial charge on any atom is -0.495 e. The summed E-state index contributed by atoms with van der Waals surface area (Å²) in [7, 11) is 4.82. The minimum atomic E-state index is 0.182. The maximum Gasteiger partial charge on any atom is 0.178 e. The van der Waals surface area contributed by atoms with Gasteiger partial charge in [-0.3, -0.25) is 0 Å². The van der Waals surface area contributed by atoms with Crippen LogP contribution < -0.4 is 19.9 Å². The van der Waals surface area contributed by atoms with Crippen LogP contribution in [-0.4, -0.2) is 27.9 Å². The van der Waals surface area contributed by atoms with E-state index in [2.05, 4.69) is 15.9 Å². The summed E-state index contributed by atoms with van der Waals surface area (Å²) in [5.74, 6) is 2.20. The van der Waals surface area contributed by atoms with E-state index >= 15 is 0 Å². The van der Waals surface area contributed by atoms with Crippen LogP contribution in [0.25, 0.3) is 0 Å². The van der Waals surface area contributed by atoms with E-state index in [0.29, 0.717) is 18.0 Å².